The van der Waals surface area contributed by atoms with Gasteiger partial charge < -0.3 is 15.2 Å². The number of hydrogen-bond acceptors (Lipinski definition) is 3. The smallest absolute Gasteiger partial charge is 0.335 e. The summed E-state index contributed by atoms with van der Waals surface area (Å²) >= 11 is 0. The number of halogens is 2. The lowest BCUT2D eigenvalue weighted by Gasteiger charge is -2.33. The molecule has 1 aromatic carbocycles. The van der Waals surface area contributed by atoms with Gasteiger partial charge in [-0.1, -0.05) is 6.07 Å². The normalized spacial score (nSPS) is 18.5. The number of carboxylic acids is 1. The summed E-state index contributed by atoms with van der Waals surface area (Å²) < 4.78 is 31.4. The second-order valence-corrected chi connectivity index (χ2v) is 4.71. The highest BCUT2D eigenvalue weighted by Gasteiger charge is 2.36. The van der Waals surface area contributed by atoms with Gasteiger partial charge in [-0.2, -0.15) is 0 Å². The average Bonchev–Trinajstić information content (AvgIpc) is 2.46. The Labute approximate surface area is 125 Å². The predicted molar refractivity (Wildman–Crippen MR) is 71.9 cm³/mol. The van der Waals surface area contributed by atoms with E-state index in [0.29, 0.717) is 0 Å². The first kappa shape index (κ1) is 15.9. The molecule has 0 aliphatic carbocycles. The van der Waals surface area contributed by atoms with Crippen LogP contribution < -0.4 is 5.32 Å². The SMILES string of the molecule is COCC1=C(C(=O)O)[C@@H](c2ccc(F)c(F)c2)NC(=O)N1C. The number of likely N-dealkylation sites (N-methyl/N-ethyl adjacent to an activating group) is 1. The van der Waals surface area contributed by atoms with Crippen molar-refractivity contribution >= 4 is 12.0 Å². The first-order valence-electron chi connectivity index (χ1n) is 6.31. The number of urea groups is 1. The van der Waals surface area contributed by atoms with Crippen LogP contribution in [-0.4, -0.2) is 42.8 Å². The first-order valence-corrected chi connectivity index (χ1v) is 6.31. The second-order valence-electron chi connectivity index (χ2n) is 4.71. The Kier molecular flexibility index (Phi) is 4.41. The van der Waals surface area contributed by atoms with Crippen molar-refractivity contribution < 1.29 is 28.2 Å². The number of rotatable bonds is 4. The minimum atomic E-state index is -1.28. The van der Waals surface area contributed by atoms with Gasteiger partial charge in [-0.3, -0.25) is 4.90 Å². The van der Waals surface area contributed by atoms with Crippen molar-refractivity contribution in [3.8, 4) is 0 Å². The lowest BCUT2D eigenvalue weighted by molar-refractivity contribution is -0.133. The molecule has 0 saturated heterocycles. The van der Waals surface area contributed by atoms with Crippen molar-refractivity contribution in [2.75, 3.05) is 20.8 Å². The van der Waals surface area contributed by atoms with Gasteiger partial charge in [-0.15, -0.1) is 0 Å². The van der Waals surface area contributed by atoms with Crippen LogP contribution in [0.2, 0.25) is 0 Å². The average molecular weight is 312 g/mol. The Morgan fingerprint density at radius 1 is 1.41 bits per heavy atom. The van der Waals surface area contributed by atoms with E-state index in [1.165, 1.54) is 20.2 Å². The van der Waals surface area contributed by atoms with E-state index in [0.717, 1.165) is 17.0 Å². The van der Waals surface area contributed by atoms with E-state index in [9.17, 15) is 23.5 Å². The number of nitrogens with zero attached hydrogens (tertiary/aromatic N) is 1. The zero-order chi connectivity index (χ0) is 16.4. The number of ether oxygens (including phenoxy) is 1. The number of nitrogens with one attached hydrogen (secondary N) is 1. The molecule has 118 valence electrons. The molecule has 0 spiro atoms. The van der Waals surface area contributed by atoms with E-state index < -0.39 is 29.7 Å². The minimum absolute atomic E-state index is 0.105. The van der Waals surface area contributed by atoms with E-state index >= 15 is 0 Å². The first-order chi connectivity index (χ1) is 10.4. The lowest BCUT2D eigenvalue weighted by atomic mass is 9.94. The zero-order valence-electron chi connectivity index (χ0n) is 11.9. The highest BCUT2D eigenvalue weighted by molar-refractivity contribution is 5.93. The molecule has 2 rings (SSSR count). The van der Waals surface area contributed by atoms with Crippen LogP contribution in [0.3, 0.4) is 0 Å². The van der Waals surface area contributed by atoms with E-state index in [1.54, 1.807) is 0 Å². The quantitative estimate of drug-likeness (QED) is 0.886. The maximum atomic E-state index is 13.4. The summed E-state index contributed by atoms with van der Waals surface area (Å²) in [7, 11) is 2.76. The van der Waals surface area contributed by atoms with Gasteiger partial charge in [-0.25, -0.2) is 18.4 Å². The standard InChI is InChI=1S/C14H14F2N2O4/c1-18-10(6-22-2)11(13(19)20)12(17-14(18)21)7-3-4-8(15)9(16)5-7/h3-5,12H,6H2,1-2H3,(H,17,21)(H,19,20)/t12-/m1/s1. The Balaban J connectivity index is 2.58. The number of benzene rings is 1. The monoisotopic (exact) mass is 312 g/mol. The lowest BCUT2D eigenvalue weighted by Crippen LogP contribution is -2.47. The van der Waals surface area contributed by atoms with E-state index in [2.05, 4.69) is 5.32 Å². The molecule has 1 aliphatic heterocycles. The van der Waals surface area contributed by atoms with Gasteiger partial charge in [0.2, 0.25) is 0 Å². The fourth-order valence-electron chi connectivity index (χ4n) is 2.26. The van der Waals surface area contributed by atoms with Crippen molar-refractivity contribution in [3.05, 3.63) is 46.7 Å². The summed E-state index contributed by atoms with van der Waals surface area (Å²) in [4.78, 5) is 24.6. The number of amides is 2. The fourth-order valence-corrected chi connectivity index (χ4v) is 2.26. The van der Waals surface area contributed by atoms with Crippen LogP contribution >= 0.6 is 0 Å². The number of hydrogen-bond donors (Lipinski definition) is 2. The van der Waals surface area contributed by atoms with Crippen LogP contribution in [0.25, 0.3) is 0 Å². The summed E-state index contributed by atoms with van der Waals surface area (Å²) in [6.07, 6.45) is 0. The number of carboxylic acid groups (broad SMARTS) is 1. The van der Waals surface area contributed by atoms with Crippen molar-refractivity contribution in [2.45, 2.75) is 6.04 Å². The van der Waals surface area contributed by atoms with E-state index in [-0.39, 0.29) is 23.4 Å². The van der Waals surface area contributed by atoms with Crippen LogP contribution in [0.5, 0.6) is 0 Å². The number of aliphatic carboxylic acids is 1. The maximum Gasteiger partial charge on any atom is 0.335 e. The predicted octanol–water partition coefficient (Wildman–Crippen LogP) is 1.65. The van der Waals surface area contributed by atoms with Gasteiger partial charge in [0, 0.05) is 14.2 Å². The molecule has 0 saturated carbocycles. The number of carbonyl (C=O) groups excluding carboxylic acids is 1. The molecule has 22 heavy (non-hydrogen) atoms. The molecule has 1 atom stereocenters. The second kappa shape index (κ2) is 6.10. The van der Waals surface area contributed by atoms with Crippen LogP contribution in [0, 0.1) is 11.6 Å². The topological polar surface area (TPSA) is 78.9 Å². The third kappa shape index (κ3) is 2.77. The van der Waals surface area contributed by atoms with E-state index in [1.807, 2.05) is 0 Å². The van der Waals surface area contributed by atoms with Crippen molar-refractivity contribution in [3.63, 3.8) is 0 Å². The molecule has 6 nitrogen and oxygen atoms in total. The largest absolute Gasteiger partial charge is 0.478 e. The molecule has 2 amide bonds. The summed E-state index contributed by atoms with van der Waals surface area (Å²) in [5, 5.41) is 11.9. The number of methoxy groups -OCH3 is 1. The Bertz CT molecular complexity index is 660. The summed E-state index contributed by atoms with van der Waals surface area (Å²) in [5.74, 6) is -3.46. The molecule has 8 heteroatoms. The van der Waals surface area contributed by atoms with E-state index in [4.69, 9.17) is 4.74 Å². The molecule has 2 N–H and O–H groups in total. The van der Waals surface area contributed by atoms with Gasteiger partial charge >= 0.3 is 12.0 Å². The van der Waals surface area contributed by atoms with Gasteiger partial charge in [-0.05, 0) is 17.7 Å². The van der Waals surface area contributed by atoms with Gasteiger partial charge in [0.15, 0.2) is 11.6 Å². The molecule has 1 heterocycles. The third-order valence-corrected chi connectivity index (χ3v) is 3.37. The highest BCUT2D eigenvalue weighted by atomic mass is 19.2. The van der Waals surface area contributed by atoms with Crippen molar-refractivity contribution in [1.82, 2.24) is 10.2 Å². The Morgan fingerprint density at radius 3 is 2.64 bits per heavy atom. The summed E-state index contributed by atoms with van der Waals surface area (Å²) in [5.41, 5.74) is 0.120. The molecular weight excluding hydrogens is 298 g/mol. The summed E-state index contributed by atoms with van der Waals surface area (Å²) in [6.45, 7) is -0.105. The highest BCUT2D eigenvalue weighted by Crippen LogP contribution is 2.30. The number of carbonyl (C=O) groups is 2. The molecule has 0 radical (unpaired) electrons. The molecule has 0 aromatic heterocycles. The van der Waals surface area contributed by atoms with Gasteiger partial charge in [0.25, 0.3) is 0 Å². The van der Waals surface area contributed by atoms with Crippen LogP contribution in [-0.2, 0) is 9.53 Å². The Hall–Kier alpha value is -2.48. The molecule has 0 bridgehead atoms. The minimum Gasteiger partial charge on any atom is -0.478 e. The van der Waals surface area contributed by atoms with Gasteiger partial charge in [0.05, 0.1) is 23.9 Å². The molecule has 1 aromatic rings. The van der Waals surface area contributed by atoms with Crippen molar-refractivity contribution in [2.24, 2.45) is 0 Å². The molecular formula is C14H14F2N2O4. The Morgan fingerprint density at radius 2 is 2.09 bits per heavy atom. The van der Waals surface area contributed by atoms with Crippen LogP contribution in [0.1, 0.15) is 11.6 Å². The summed E-state index contributed by atoms with van der Waals surface area (Å²) in [6, 6.07) is 1.30. The maximum absolute atomic E-state index is 13.4. The molecule has 1 aliphatic rings. The van der Waals surface area contributed by atoms with Crippen LogP contribution in [0.4, 0.5) is 13.6 Å². The zero-order valence-corrected chi connectivity index (χ0v) is 11.9. The molecule has 0 unspecified atom stereocenters. The van der Waals surface area contributed by atoms with Crippen molar-refractivity contribution in [1.29, 1.82) is 0 Å². The van der Waals surface area contributed by atoms with Gasteiger partial charge in [0.1, 0.15) is 0 Å². The molecule has 0 fully saturated rings. The van der Waals surface area contributed by atoms with Crippen LogP contribution in [0.15, 0.2) is 29.5 Å². The fraction of sp³-hybridized carbons (Fsp3) is 0.286. The third-order valence-electron chi connectivity index (χ3n) is 3.37.